The summed E-state index contributed by atoms with van der Waals surface area (Å²) in [5.74, 6) is 1.29. The van der Waals surface area contributed by atoms with E-state index in [4.69, 9.17) is 9.15 Å². The quantitative estimate of drug-likeness (QED) is 0.819. The van der Waals surface area contributed by atoms with Gasteiger partial charge in [-0.1, -0.05) is 0 Å². The normalized spacial score (nSPS) is 15.7. The lowest BCUT2D eigenvalue weighted by atomic mass is 9.96. The molecule has 0 atom stereocenters. The van der Waals surface area contributed by atoms with E-state index in [-0.39, 0.29) is 17.7 Å². The number of oxazole rings is 1. The third-order valence-electron chi connectivity index (χ3n) is 4.14. The number of hydrogen-bond donors (Lipinski definition) is 0. The van der Waals surface area contributed by atoms with Crippen molar-refractivity contribution in [1.29, 1.82) is 0 Å². The van der Waals surface area contributed by atoms with Gasteiger partial charge in [0.25, 0.3) is 5.91 Å². The number of ether oxygens (including phenoxy) is 1. The summed E-state index contributed by atoms with van der Waals surface area (Å²) in [6, 6.07) is 0. The molecule has 1 saturated heterocycles. The van der Waals surface area contributed by atoms with E-state index < -0.39 is 0 Å². The average Bonchev–Trinajstić information content (AvgIpc) is 2.93. The number of carbonyl (C=O) groups excluding carboxylic acids is 2. The molecule has 0 saturated carbocycles. The van der Waals surface area contributed by atoms with E-state index in [1.54, 1.807) is 28.1 Å². The van der Waals surface area contributed by atoms with Crippen molar-refractivity contribution in [3.63, 3.8) is 0 Å². The smallest absolute Gasteiger partial charge is 0.275 e. The van der Waals surface area contributed by atoms with Crippen LogP contribution >= 0.6 is 0 Å². The Balaban J connectivity index is 1.97. The van der Waals surface area contributed by atoms with Crippen LogP contribution < -0.4 is 0 Å². The van der Waals surface area contributed by atoms with Crippen molar-refractivity contribution in [2.75, 3.05) is 40.9 Å². The van der Waals surface area contributed by atoms with Crippen molar-refractivity contribution in [3.8, 4) is 0 Å². The van der Waals surface area contributed by atoms with Gasteiger partial charge in [-0.15, -0.1) is 0 Å². The highest BCUT2D eigenvalue weighted by molar-refractivity contribution is 5.92. The summed E-state index contributed by atoms with van der Waals surface area (Å²) in [7, 11) is 4.98. The van der Waals surface area contributed by atoms with Crippen LogP contribution in [0.25, 0.3) is 0 Å². The zero-order valence-electron chi connectivity index (χ0n) is 14.3. The molecule has 2 heterocycles. The standard InChI is InChI=1S/C16H25N3O4/c1-11-14(16(21)18(2)3)17-15(23-11)12-5-8-19(9-6-12)13(20)7-10-22-4/h12H,5-10H2,1-4H3. The topological polar surface area (TPSA) is 75.9 Å². The van der Waals surface area contributed by atoms with Gasteiger partial charge in [0.05, 0.1) is 13.0 Å². The molecule has 1 aliphatic rings. The Morgan fingerprint density at radius 1 is 1.35 bits per heavy atom. The predicted molar refractivity (Wildman–Crippen MR) is 84.3 cm³/mol. The number of amides is 2. The molecule has 7 nitrogen and oxygen atoms in total. The van der Waals surface area contributed by atoms with Gasteiger partial charge in [-0.25, -0.2) is 4.98 Å². The van der Waals surface area contributed by atoms with Crippen LogP contribution in [0, 0.1) is 6.92 Å². The molecule has 0 radical (unpaired) electrons. The van der Waals surface area contributed by atoms with Crippen LogP contribution in [0.4, 0.5) is 0 Å². The summed E-state index contributed by atoms with van der Waals surface area (Å²) in [6.07, 6.45) is 2.02. The number of piperidine rings is 1. The summed E-state index contributed by atoms with van der Waals surface area (Å²) >= 11 is 0. The highest BCUT2D eigenvalue weighted by Gasteiger charge is 2.28. The first-order valence-electron chi connectivity index (χ1n) is 7.89. The molecule has 0 spiro atoms. The molecule has 7 heteroatoms. The summed E-state index contributed by atoms with van der Waals surface area (Å²) in [5, 5.41) is 0. The molecule has 0 aliphatic carbocycles. The molecule has 128 valence electrons. The fourth-order valence-corrected chi connectivity index (χ4v) is 2.73. The number of hydrogen-bond acceptors (Lipinski definition) is 5. The second-order valence-corrected chi connectivity index (χ2v) is 6.05. The first-order chi connectivity index (χ1) is 10.9. The minimum Gasteiger partial charge on any atom is -0.445 e. The SMILES string of the molecule is COCCC(=O)N1CCC(c2nc(C(=O)N(C)C)c(C)o2)CC1. The summed E-state index contributed by atoms with van der Waals surface area (Å²) in [4.78, 5) is 31.8. The number of likely N-dealkylation sites (tertiary alicyclic amines) is 1. The lowest BCUT2D eigenvalue weighted by Gasteiger charge is -2.30. The molecule has 23 heavy (non-hydrogen) atoms. The highest BCUT2D eigenvalue weighted by Crippen LogP contribution is 2.29. The fraction of sp³-hybridized carbons (Fsp3) is 0.688. The van der Waals surface area contributed by atoms with E-state index in [9.17, 15) is 9.59 Å². The zero-order valence-corrected chi connectivity index (χ0v) is 14.3. The minimum absolute atomic E-state index is 0.123. The third kappa shape index (κ3) is 4.10. The highest BCUT2D eigenvalue weighted by atomic mass is 16.5. The molecule has 2 rings (SSSR count). The van der Waals surface area contributed by atoms with Crippen molar-refractivity contribution in [3.05, 3.63) is 17.3 Å². The Kier molecular flexibility index (Phi) is 5.76. The number of aryl methyl sites for hydroxylation is 1. The first-order valence-corrected chi connectivity index (χ1v) is 7.89. The van der Waals surface area contributed by atoms with Crippen LogP contribution in [0.5, 0.6) is 0 Å². The van der Waals surface area contributed by atoms with Gasteiger partial charge >= 0.3 is 0 Å². The van der Waals surface area contributed by atoms with Crippen LogP contribution in [0.15, 0.2) is 4.42 Å². The molecular formula is C16H25N3O4. The molecule has 0 bridgehead atoms. The van der Waals surface area contributed by atoms with E-state index in [0.29, 0.717) is 43.5 Å². The molecule has 0 unspecified atom stereocenters. The number of aromatic nitrogens is 1. The lowest BCUT2D eigenvalue weighted by molar-refractivity contribution is -0.133. The van der Waals surface area contributed by atoms with Crippen LogP contribution in [0.3, 0.4) is 0 Å². The average molecular weight is 323 g/mol. The number of nitrogens with zero attached hydrogens (tertiary/aromatic N) is 3. The molecule has 1 fully saturated rings. The second-order valence-electron chi connectivity index (χ2n) is 6.05. The van der Waals surface area contributed by atoms with Crippen LogP contribution in [-0.4, -0.2) is 67.5 Å². The largest absolute Gasteiger partial charge is 0.445 e. The van der Waals surface area contributed by atoms with Gasteiger partial charge in [-0.2, -0.15) is 0 Å². The number of rotatable bonds is 5. The van der Waals surface area contributed by atoms with Gasteiger partial charge in [0, 0.05) is 40.2 Å². The third-order valence-corrected chi connectivity index (χ3v) is 4.14. The maximum Gasteiger partial charge on any atom is 0.275 e. The van der Waals surface area contributed by atoms with E-state index in [2.05, 4.69) is 4.98 Å². The Labute approximate surface area is 136 Å². The van der Waals surface area contributed by atoms with E-state index in [0.717, 1.165) is 12.8 Å². The summed E-state index contributed by atoms with van der Waals surface area (Å²) in [6.45, 7) is 3.58. The van der Waals surface area contributed by atoms with Crippen LogP contribution in [0.2, 0.25) is 0 Å². The monoisotopic (exact) mass is 323 g/mol. The van der Waals surface area contributed by atoms with Crippen LogP contribution in [-0.2, 0) is 9.53 Å². The van der Waals surface area contributed by atoms with Crippen molar-refractivity contribution in [1.82, 2.24) is 14.8 Å². The Bertz CT molecular complexity index is 560. The molecule has 0 aromatic carbocycles. The second kappa shape index (κ2) is 7.59. The molecule has 1 aliphatic heterocycles. The first kappa shape index (κ1) is 17.5. The van der Waals surface area contributed by atoms with Gasteiger partial charge in [0.15, 0.2) is 11.6 Å². The Hall–Kier alpha value is -1.89. The Morgan fingerprint density at radius 2 is 2.00 bits per heavy atom. The zero-order chi connectivity index (χ0) is 17.0. The van der Waals surface area contributed by atoms with Gasteiger partial charge in [-0.05, 0) is 19.8 Å². The van der Waals surface area contributed by atoms with Crippen molar-refractivity contribution >= 4 is 11.8 Å². The van der Waals surface area contributed by atoms with E-state index >= 15 is 0 Å². The van der Waals surface area contributed by atoms with Crippen molar-refractivity contribution in [2.24, 2.45) is 0 Å². The Morgan fingerprint density at radius 3 is 2.57 bits per heavy atom. The number of methoxy groups -OCH3 is 1. The molecule has 2 amide bonds. The van der Waals surface area contributed by atoms with Gasteiger partial charge in [0.1, 0.15) is 5.76 Å². The van der Waals surface area contributed by atoms with Crippen molar-refractivity contribution < 1.29 is 18.7 Å². The minimum atomic E-state index is -0.148. The summed E-state index contributed by atoms with van der Waals surface area (Å²) < 4.78 is 10.6. The van der Waals surface area contributed by atoms with Gasteiger partial charge < -0.3 is 19.0 Å². The molecule has 1 aromatic rings. The maximum absolute atomic E-state index is 12.0. The van der Waals surface area contributed by atoms with Crippen LogP contribution in [0.1, 0.15) is 47.3 Å². The molecular weight excluding hydrogens is 298 g/mol. The molecule has 0 N–H and O–H groups in total. The fourth-order valence-electron chi connectivity index (χ4n) is 2.73. The predicted octanol–water partition coefficient (Wildman–Crippen LogP) is 1.43. The maximum atomic E-state index is 12.0. The van der Waals surface area contributed by atoms with E-state index in [1.807, 2.05) is 4.90 Å². The van der Waals surface area contributed by atoms with Gasteiger partial charge in [0.2, 0.25) is 5.91 Å². The van der Waals surface area contributed by atoms with E-state index in [1.165, 1.54) is 4.90 Å². The lowest BCUT2D eigenvalue weighted by Crippen LogP contribution is -2.38. The van der Waals surface area contributed by atoms with Gasteiger partial charge in [-0.3, -0.25) is 9.59 Å². The van der Waals surface area contributed by atoms with Crippen molar-refractivity contribution in [2.45, 2.75) is 32.1 Å². The summed E-state index contributed by atoms with van der Waals surface area (Å²) in [5.41, 5.74) is 0.378. The number of carbonyl (C=O) groups is 2. The molecule has 1 aromatic heterocycles.